The number of hydrogen-bond acceptors (Lipinski definition) is 4. The first-order valence-corrected chi connectivity index (χ1v) is 13.0. The highest BCUT2D eigenvalue weighted by atomic mass is 19.1. The maximum absolute atomic E-state index is 13.3. The van der Waals surface area contributed by atoms with Crippen LogP contribution in [0.5, 0.6) is 11.5 Å². The number of halogens is 1. The first kappa shape index (κ1) is 25.5. The van der Waals surface area contributed by atoms with E-state index in [0.717, 1.165) is 41.0 Å². The minimum Gasteiger partial charge on any atom is -0.493 e. The number of hydrogen-bond donors (Lipinski definition) is 0. The van der Waals surface area contributed by atoms with Crippen molar-refractivity contribution < 1.29 is 18.7 Å². The summed E-state index contributed by atoms with van der Waals surface area (Å²) in [4.78, 5) is 19.7. The second kappa shape index (κ2) is 11.5. The van der Waals surface area contributed by atoms with Crippen LogP contribution in [0, 0.1) is 5.82 Å². The third-order valence-electron chi connectivity index (χ3n) is 6.88. The van der Waals surface area contributed by atoms with Crippen molar-refractivity contribution in [2.24, 2.45) is 0 Å². The number of allylic oxidation sites excluding steroid dienone is 1. The predicted octanol–water partition coefficient (Wildman–Crippen LogP) is 6.20. The van der Waals surface area contributed by atoms with Crippen LogP contribution in [0.3, 0.4) is 0 Å². The van der Waals surface area contributed by atoms with E-state index in [1.54, 1.807) is 19.2 Å². The average Bonchev–Trinajstić information content (AvgIpc) is 3.48. The Labute approximate surface area is 222 Å². The second-order valence-corrected chi connectivity index (χ2v) is 9.52. The number of carbonyl (C=O) groups excluding carboxylic acids is 1. The van der Waals surface area contributed by atoms with E-state index in [0.29, 0.717) is 37.6 Å². The van der Waals surface area contributed by atoms with E-state index in [-0.39, 0.29) is 17.6 Å². The lowest BCUT2D eigenvalue weighted by Crippen LogP contribution is -2.24. The summed E-state index contributed by atoms with van der Waals surface area (Å²) in [5.74, 6) is 2.16. The number of aromatic nitrogens is 2. The van der Waals surface area contributed by atoms with Gasteiger partial charge < -0.3 is 18.9 Å². The van der Waals surface area contributed by atoms with E-state index in [1.165, 1.54) is 12.1 Å². The molecule has 7 heteroatoms. The van der Waals surface area contributed by atoms with E-state index in [2.05, 4.69) is 10.6 Å². The Bertz CT molecular complexity index is 1440. The Morgan fingerprint density at radius 3 is 2.68 bits per heavy atom. The van der Waals surface area contributed by atoms with E-state index in [4.69, 9.17) is 14.5 Å². The van der Waals surface area contributed by atoms with Gasteiger partial charge in [0.2, 0.25) is 5.91 Å². The highest BCUT2D eigenvalue weighted by molar-refractivity contribution is 5.81. The first-order chi connectivity index (χ1) is 18.6. The summed E-state index contributed by atoms with van der Waals surface area (Å²) in [7, 11) is 1.65. The van der Waals surface area contributed by atoms with Crippen LogP contribution >= 0.6 is 0 Å². The Kier molecular flexibility index (Phi) is 7.73. The Morgan fingerprint density at radius 1 is 1.08 bits per heavy atom. The van der Waals surface area contributed by atoms with Gasteiger partial charge in [-0.2, -0.15) is 0 Å². The number of fused-ring (bicyclic) bond motifs is 1. The molecule has 1 atom stereocenters. The average molecular weight is 514 g/mol. The lowest BCUT2D eigenvalue weighted by Gasteiger charge is -2.18. The molecule has 5 rings (SSSR count). The summed E-state index contributed by atoms with van der Waals surface area (Å²) in [6.45, 7) is 4.28. The molecule has 6 nitrogen and oxygen atoms in total. The number of para-hydroxylation sites is 2. The molecule has 0 bridgehead atoms. The normalized spacial score (nSPS) is 15.6. The molecule has 196 valence electrons. The van der Waals surface area contributed by atoms with Crippen molar-refractivity contribution in [1.29, 1.82) is 0 Å². The molecule has 2 heterocycles. The maximum atomic E-state index is 13.3. The van der Waals surface area contributed by atoms with Crippen molar-refractivity contribution in [2.45, 2.75) is 38.8 Å². The highest BCUT2D eigenvalue weighted by Crippen LogP contribution is 2.32. The van der Waals surface area contributed by atoms with Gasteiger partial charge in [-0.3, -0.25) is 4.79 Å². The summed E-state index contributed by atoms with van der Waals surface area (Å²) in [5.41, 5.74) is 3.96. The highest BCUT2D eigenvalue weighted by Gasteiger charge is 2.34. The number of rotatable bonds is 10. The second-order valence-electron chi connectivity index (χ2n) is 9.52. The number of nitrogens with zero attached hydrogens (tertiary/aromatic N) is 3. The Morgan fingerprint density at radius 2 is 1.89 bits per heavy atom. The fourth-order valence-electron chi connectivity index (χ4n) is 5.05. The van der Waals surface area contributed by atoms with Gasteiger partial charge in [-0.25, -0.2) is 9.37 Å². The number of ether oxygens (including phenoxy) is 2. The van der Waals surface area contributed by atoms with Crippen LogP contribution in [0.25, 0.3) is 17.1 Å². The van der Waals surface area contributed by atoms with Gasteiger partial charge in [-0.1, -0.05) is 42.5 Å². The summed E-state index contributed by atoms with van der Waals surface area (Å²) < 4.78 is 27.1. The SMILES string of the molecule is C/C=C/c1ccc(OCCCn2c(C3CC(=O)N(Cc4ccc(F)cc4)C3)nc3ccccc32)c(OC)c1. The fraction of sp³-hybridized carbons (Fsp3) is 0.290. The summed E-state index contributed by atoms with van der Waals surface area (Å²) >= 11 is 0. The smallest absolute Gasteiger partial charge is 0.223 e. The van der Waals surface area contributed by atoms with Gasteiger partial charge in [0.1, 0.15) is 11.6 Å². The lowest BCUT2D eigenvalue weighted by molar-refractivity contribution is -0.128. The zero-order chi connectivity index (χ0) is 26.5. The number of likely N-dealkylation sites (tertiary alicyclic amines) is 1. The van der Waals surface area contributed by atoms with Crippen molar-refractivity contribution in [3.8, 4) is 11.5 Å². The summed E-state index contributed by atoms with van der Waals surface area (Å²) in [5, 5.41) is 0. The molecule has 1 unspecified atom stereocenters. The third-order valence-corrected chi connectivity index (χ3v) is 6.88. The topological polar surface area (TPSA) is 56.6 Å². The number of methoxy groups -OCH3 is 1. The molecule has 1 aliphatic rings. The monoisotopic (exact) mass is 513 g/mol. The van der Waals surface area contributed by atoms with Crippen LogP contribution in [0.15, 0.2) is 72.8 Å². The molecule has 4 aromatic rings. The molecular formula is C31H32FN3O3. The van der Waals surface area contributed by atoms with Gasteiger partial charge >= 0.3 is 0 Å². The van der Waals surface area contributed by atoms with Gasteiger partial charge in [0.05, 0.1) is 24.8 Å². The van der Waals surface area contributed by atoms with Crippen LogP contribution in [0.4, 0.5) is 4.39 Å². The number of benzene rings is 3. The van der Waals surface area contributed by atoms with E-state index in [1.807, 2.05) is 60.4 Å². The molecular weight excluding hydrogens is 481 g/mol. The molecule has 1 fully saturated rings. The van der Waals surface area contributed by atoms with E-state index in [9.17, 15) is 9.18 Å². The Balaban J connectivity index is 1.28. The quantitative estimate of drug-likeness (QED) is 0.237. The van der Waals surface area contributed by atoms with E-state index < -0.39 is 0 Å². The molecule has 0 aliphatic carbocycles. The maximum Gasteiger partial charge on any atom is 0.223 e. The minimum atomic E-state index is -0.277. The lowest BCUT2D eigenvalue weighted by atomic mass is 10.1. The third kappa shape index (κ3) is 5.57. The number of amides is 1. The molecule has 1 amide bonds. The van der Waals surface area contributed by atoms with Gasteiger partial charge in [-0.05, 0) is 60.9 Å². The van der Waals surface area contributed by atoms with Crippen LogP contribution in [-0.4, -0.2) is 40.6 Å². The van der Waals surface area contributed by atoms with Gasteiger partial charge in [-0.15, -0.1) is 0 Å². The van der Waals surface area contributed by atoms with Crippen molar-refractivity contribution >= 4 is 23.0 Å². The van der Waals surface area contributed by atoms with Crippen LogP contribution in [-0.2, 0) is 17.9 Å². The van der Waals surface area contributed by atoms with Gasteiger partial charge in [0.15, 0.2) is 11.5 Å². The fourth-order valence-corrected chi connectivity index (χ4v) is 5.05. The first-order valence-electron chi connectivity index (χ1n) is 13.0. The predicted molar refractivity (Wildman–Crippen MR) is 147 cm³/mol. The molecule has 0 N–H and O–H groups in total. The number of imidazole rings is 1. The van der Waals surface area contributed by atoms with Crippen LogP contribution in [0.2, 0.25) is 0 Å². The zero-order valence-electron chi connectivity index (χ0n) is 21.8. The summed E-state index contributed by atoms with van der Waals surface area (Å²) in [6, 6.07) is 20.3. The molecule has 0 radical (unpaired) electrons. The molecule has 1 saturated heterocycles. The van der Waals surface area contributed by atoms with Gasteiger partial charge in [0.25, 0.3) is 0 Å². The molecule has 38 heavy (non-hydrogen) atoms. The Hall–Kier alpha value is -4.13. The van der Waals surface area contributed by atoms with Crippen molar-refractivity contribution in [2.75, 3.05) is 20.3 Å². The largest absolute Gasteiger partial charge is 0.493 e. The molecule has 0 spiro atoms. The standard InChI is InChI=1S/C31H32FN3O3/c1-3-7-22-12-15-28(29(18-22)37-2)38-17-6-16-35-27-9-5-4-8-26(27)33-31(35)24-19-30(36)34(21-24)20-23-10-13-25(32)14-11-23/h3-5,7-15,18,24H,6,16-17,19-21H2,1-2H3/b7-3+. The molecule has 0 saturated carbocycles. The zero-order valence-corrected chi connectivity index (χ0v) is 21.8. The molecule has 3 aromatic carbocycles. The van der Waals surface area contributed by atoms with Crippen molar-refractivity contribution in [1.82, 2.24) is 14.5 Å². The van der Waals surface area contributed by atoms with Crippen LogP contribution in [0.1, 0.15) is 42.6 Å². The molecule has 1 aliphatic heterocycles. The van der Waals surface area contributed by atoms with Gasteiger partial charge in [0, 0.05) is 32.0 Å². The van der Waals surface area contributed by atoms with E-state index >= 15 is 0 Å². The van der Waals surface area contributed by atoms with Crippen molar-refractivity contribution in [3.63, 3.8) is 0 Å². The van der Waals surface area contributed by atoms with Crippen molar-refractivity contribution in [3.05, 3.63) is 95.6 Å². The number of carbonyl (C=O) groups is 1. The number of aryl methyl sites for hydroxylation is 1. The summed E-state index contributed by atoms with van der Waals surface area (Å²) in [6.07, 6.45) is 5.19. The minimum absolute atomic E-state index is 0.00414. The molecule has 1 aromatic heterocycles. The van der Waals surface area contributed by atoms with Crippen LogP contribution < -0.4 is 9.47 Å².